The van der Waals surface area contributed by atoms with Gasteiger partial charge in [0.15, 0.2) is 0 Å². The van der Waals surface area contributed by atoms with Crippen LogP contribution in [0.2, 0.25) is 0 Å². The molecular weight excluding hydrogens is 220 g/mol. The summed E-state index contributed by atoms with van der Waals surface area (Å²) in [7, 11) is 4.97. The maximum Gasteiger partial charge on any atom is 0.338 e. The number of ether oxygens (including phenoxy) is 2. The minimum atomic E-state index is -0.348. The average molecular weight is 238 g/mol. The monoisotopic (exact) mass is 238 g/mol. The lowest BCUT2D eigenvalue weighted by atomic mass is 10.2. The number of carbonyl (C=O) groups is 1. The summed E-state index contributed by atoms with van der Waals surface area (Å²) in [4.78, 5) is 17.5. The summed E-state index contributed by atoms with van der Waals surface area (Å²) in [5.74, 6) is 0.406. The first-order valence-corrected chi connectivity index (χ1v) is 5.43. The Morgan fingerprint density at radius 1 is 1.47 bits per heavy atom. The van der Waals surface area contributed by atoms with Gasteiger partial charge in [0.25, 0.3) is 0 Å². The smallest absolute Gasteiger partial charge is 0.338 e. The summed E-state index contributed by atoms with van der Waals surface area (Å²) in [6, 6.07) is 3.36. The molecule has 1 heterocycles. The Bertz CT molecular complexity index is 369. The number of nitrogens with zero attached hydrogens (tertiary/aromatic N) is 2. The van der Waals surface area contributed by atoms with Gasteiger partial charge in [-0.05, 0) is 18.6 Å². The fraction of sp³-hybridized carbons (Fsp3) is 0.500. The molecule has 0 amide bonds. The molecule has 1 aromatic rings. The third-order valence-corrected chi connectivity index (χ3v) is 2.40. The fourth-order valence-electron chi connectivity index (χ4n) is 1.43. The van der Waals surface area contributed by atoms with Gasteiger partial charge in [0, 0.05) is 33.5 Å². The first-order valence-electron chi connectivity index (χ1n) is 5.43. The van der Waals surface area contributed by atoms with Gasteiger partial charge < -0.3 is 14.4 Å². The molecule has 0 unspecified atom stereocenters. The number of carbonyl (C=O) groups excluding carboxylic acids is 1. The minimum Gasteiger partial charge on any atom is -0.465 e. The highest BCUT2D eigenvalue weighted by atomic mass is 16.5. The van der Waals surface area contributed by atoms with Gasteiger partial charge in [-0.2, -0.15) is 0 Å². The molecule has 0 spiro atoms. The Morgan fingerprint density at radius 3 is 2.88 bits per heavy atom. The fourth-order valence-corrected chi connectivity index (χ4v) is 1.43. The van der Waals surface area contributed by atoms with Crippen molar-refractivity contribution in [1.82, 2.24) is 4.98 Å². The molecule has 94 valence electrons. The highest BCUT2D eigenvalue weighted by molar-refractivity contribution is 5.90. The molecule has 0 bridgehead atoms. The van der Waals surface area contributed by atoms with Gasteiger partial charge >= 0.3 is 5.97 Å². The number of hydrogen-bond acceptors (Lipinski definition) is 5. The van der Waals surface area contributed by atoms with E-state index in [2.05, 4.69) is 9.72 Å². The van der Waals surface area contributed by atoms with Crippen molar-refractivity contribution in [3.05, 3.63) is 23.9 Å². The van der Waals surface area contributed by atoms with Crippen LogP contribution >= 0.6 is 0 Å². The van der Waals surface area contributed by atoms with Crippen LogP contribution in [0.3, 0.4) is 0 Å². The van der Waals surface area contributed by atoms with Gasteiger partial charge in [0.2, 0.25) is 0 Å². The second-order valence-corrected chi connectivity index (χ2v) is 3.66. The zero-order chi connectivity index (χ0) is 12.7. The largest absolute Gasteiger partial charge is 0.465 e. The van der Waals surface area contributed by atoms with Crippen molar-refractivity contribution in [3.8, 4) is 0 Å². The standard InChI is InChI=1S/C12H18N2O3/c1-14(7-4-8-16-2)11-9-10(5-6-13-11)12(15)17-3/h5-6,9H,4,7-8H2,1-3H3. The van der Waals surface area contributed by atoms with Crippen molar-refractivity contribution in [1.29, 1.82) is 0 Å². The molecule has 0 aromatic carbocycles. The summed E-state index contributed by atoms with van der Waals surface area (Å²) in [6.07, 6.45) is 2.52. The molecule has 1 aromatic heterocycles. The maximum atomic E-state index is 11.4. The van der Waals surface area contributed by atoms with E-state index in [9.17, 15) is 4.79 Å². The summed E-state index contributed by atoms with van der Waals surface area (Å²) in [5.41, 5.74) is 0.510. The van der Waals surface area contributed by atoms with Gasteiger partial charge in [0.1, 0.15) is 5.82 Å². The van der Waals surface area contributed by atoms with Crippen molar-refractivity contribution in [3.63, 3.8) is 0 Å². The predicted molar refractivity (Wildman–Crippen MR) is 65.3 cm³/mol. The lowest BCUT2D eigenvalue weighted by Crippen LogP contribution is -2.21. The van der Waals surface area contributed by atoms with E-state index in [-0.39, 0.29) is 5.97 Å². The maximum absolute atomic E-state index is 11.4. The number of hydrogen-bond donors (Lipinski definition) is 0. The van der Waals surface area contributed by atoms with E-state index in [0.29, 0.717) is 12.2 Å². The van der Waals surface area contributed by atoms with Crippen molar-refractivity contribution in [2.24, 2.45) is 0 Å². The number of esters is 1. The molecule has 0 saturated heterocycles. The van der Waals surface area contributed by atoms with Crippen molar-refractivity contribution in [2.45, 2.75) is 6.42 Å². The van der Waals surface area contributed by atoms with Gasteiger partial charge in [-0.3, -0.25) is 0 Å². The van der Waals surface area contributed by atoms with Crippen LogP contribution in [0.1, 0.15) is 16.8 Å². The predicted octanol–water partition coefficient (Wildman–Crippen LogP) is 1.34. The summed E-state index contributed by atoms with van der Waals surface area (Å²) >= 11 is 0. The van der Waals surface area contributed by atoms with Gasteiger partial charge in [-0.1, -0.05) is 0 Å². The Kier molecular flexibility index (Phi) is 5.42. The molecule has 0 aliphatic rings. The quantitative estimate of drug-likeness (QED) is 0.553. The van der Waals surface area contributed by atoms with Gasteiger partial charge in [-0.15, -0.1) is 0 Å². The van der Waals surface area contributed by atoms with E-state index < -0.39 is 0 Å². The zero-order valence-electron chi connectivity index (χ0n) is 10.5. The Labute approximate surface area is 101 Å². The molecule has 0 saturated carbocycles. The molecule has 0 N–H and O–H groups in total. The van der Waals surface area contributed by atoms with Crippen LogP contribution in [0, 0.1) is 0 Å². The van der Waals surface area contributed by atoms with E-state index in [4.69, 9.17) is 4.74 Å². The Morgan fingerprint density at radius 2 is 2.24 bits per heavy atom. The average Bonchev–Trinajstić information content (AvgIpc) is 2.38. The van der Waals surface area contributed by atoms with Crippen molar-refractivity contribution in [2.75, 3.05) is 39.3 Å². The first kappa shape index (κ1) is 13.4. The van der Waals surface area contributed by atoms with E-state index in [1.807, 2.05) is 11.9 Å². The third-order valence-electron chi connectivity index (χ3n) is 2.40. The van der Waals surface area contributed by atoms with E-state index in [1.54, 1.807) is 25.4 Å². The summed E-state index contributed by atoms with van der Waals surface area (Å²) in [5, 5.41) is 0. The molecule has 1 rings (SSSR count). The Hall–Kier alpha value is -1.62. The molecule has 17 heavy (non-hydrogen) atoms. The van der Waals surface area contributed by atoms with Gasteiger partial charge in [-0.25, -0.2) is 9.78 Å². The normalized spacial score (nSPS) is 10.1. The Balaban J connectivity index is 2.67. The lowest BCUT2D eigenvalue weighted by molar-refractivity contribution is 0.0600. The van der Waals surface area contributed by atoms with Crippen LogP contribution in [0.15, 0.2) is 18.3 Å². The summed E-state index contributed by atoms with van der Waals surface area (Å²) in [6.45, 7) is 1.53. The van der Waals surface area contributed by atoms with E-state index >= 15 is 0 Å². The van der Waals surface area contributed by atoms with Crippen molar-refractivity contribution < 1.29 is 14.3 Å². The molecule has 0 aliphatic carbocycles. The van der Waals surface area contributed by atoms with Crippen LogP contribution in [0.5, 0.6) is 0 Å². The minimum absolute atomic E-state index is 0.348. The van der Waals surface area contributed by atoms with Crippen LogP contribution in [-0.2, 0) is 9.47 Å². The van der Waals surface area contributed by atoms with E-state index in [1.165, 1.54) is 7.11 Å². The van der Waals surface area contributed by atoms with E-state index in [0.717, 1.165) is 18.8 Å². The first-order chi connectivity index (χ1) is 8.19. The number of anilines is 1. The van der Waals surface area contributed by atoms with Crippen LogP contribution < -0.4 is 4.90 Å². The molecular formula is C12H18N2O3. The molecule has 0 atom stereocenters. The number of methoxy groups -OCH3 is 2. The molecule has 5 heteroatoms. The summed E-state index contributed by atoms with van der Waals surface area (Å²) < 4.78 is 9.65. The van der Waals surface area contributed by atoms with Gasteiger partial charge in [0.05, 0.1) is 12.7 Å². The highest BCUT2D eigenvalue weighted by Gasteiger charge is 2.08. The number of rotatable bonds is 6. The highest BCUT2D eigenvalue weighted by Crippen LogP contribution is 2.12. The number of aromatic nitrogens is 1. The second kappa shape index (κ2) is 6.85. The number of pyridine rings is 1. The zero-order valence-corrected chi connectivity index (χ0v) is 10.5. The molecule has 0 aliphatic heterocycles. The lowest BCUT2D eigenvalue weighted by Gasteiger charge is -2.18. The van der Waals surface area contributed by atoms with Crippen molar-refractivity contribution >= 4 is 11.8 Å². The molecule has 5 nitrogen and oxygen atoms in total. The SMILES string of the molecule is COCCCN(C)c1cc(C(=O)OC)ccn1. The van der Waals surface area contributed by atoms with Crippen LogP contribution in [-0.4, -0.2) is 45.4 Å². The topological polar surface area (TPSA) is 51.7 Å². The molecule has 0 radical (unpaired) electrons. The second-order valence-electron chi connectivity index (χ2n) is 3.66. The van der Waals surface area contributed by atoms with Crippen LogP contribution in [0.25, 0.3) is 0 Å². The molecule has 0 fully saturated rings. The third kappa shape index (κ3) is 4.03. The van der Waals surface area contributed by atoms with Crippen LogP contribution in [0.4, 0.5) is 5.82 Å².